The Morgan fingerprint density at radius 3 is 2.74 bits per heavy atom. The maximum absolute atomic E-state index is 10.4. The summed E-state index contributed by atoms with van der Waals surface area (Å²) in [7, 11) is 0. The summed E-state index contributed by atoms with van der Waals surface area (Å²) in [6.45, 7) is 2.09. The summed E-state index contributed by atoms with van der Waals surface area (Å²) in [6.07, 6.45) is 3.92. The molecule has 1 aliphatic carbocycles. The first kappa shape index (κ1) is 12.4. The number of hydrogen-bond donors (Lipinski definition) is 1. The minimum Gasteiger partial charge on any atom is -0.388 e. The fourth-order valence-electron chi connectivity index (χ4n) is 2.98. The third-order valence-corrected chi connectivity index (χ3v) is 4.02. The van der Waals surface area contributed by atoms with Gasteiger partial charge in [0.15, 0.2) is 0 Å². The van der Waals surface area contributed by atoms with Crippen molar-refractivity contribution >= 4 is 0 Å². The molecule has 2 aromatic rings. The van der Waals surface area contributed by atoms with E-state index < -0.39 is 6.10 Å². The predicted molar refractivity (Wildman–Crippen MR) is 78.3 cm³/mol. The number of hydrogen-bond acceptors (Lipinski definition) is 1. The Morgan fingerprint density at radius 2 is 1.89 bits per heavy atom. The minimum atomic E-state index is -0.396. The summed E-state index contributed by atoms with van der Waals surface area (Å²) >= 11 is 0. The Morgan fingerprint density at radius 1 is 1.05 bits per heavy atom. The molecule has 19 heavy (non-hydrogen) atoms. The van der Waals surface area contributed by atoms with Crippen LogP contribution >= 0.6 is 0 Å². The van der Waals surface area contributed by atoms with Crippen molar-refractivity contribution in [1.82, 2.24) is 0 Å². The van der Waals surface area contributed by atoms with Crippen LogP contribution < -0.4 is 0 Å². The van der Waals surface area contributed by atoms with Crippen LogP contribution in [0.3, 0.4) is 0 Å². The van der Waals surface area contributed by atoms with Gasteiger partial charge in [-0.3, -0.25) is 0 Å². The number of rotatable bonds is 3. The second-order valence-electron chi connectivity index (χ2n) is 5.59. The van der Waals surface area contributed by atoms with E-state index in [1.54, 1.807) is 0 Å². The molecule has 1 nitrogen and oxygen atoms in total. The third-order valence-electron chi connectivity index (χ3n) is 4.02. The van der Waals surface area contributed by atoms with Crippen LogP contribution in [0, 0.1) is 6.92 Å². The highest BCUT2D eigenvalue weighted by Crippen LogP contribution is 2.27. The van der Waals surface area contributed by atoms with E-state index in [1.807, 2.05) is 0 Å². The smallest absolute Gasteiger partial charge is 0.0830 e. The fraction of sp³-hybridized carbons (Fsp3) is 0.333. The molecule has 0 saturated carbocycles. The highest BCUT2D eigenvalue weighted by Gasteiger charge is 2.14. The average Bonchev–Trinajstić information content (AvgIpc) is 2.85. The topological polar surface area (TPSA) is 20.2 Å². The van der Waals surface area contributed by atoms with Crippen LogP contribution in [-0.4, -0.2) is 5.11 Å². The lowest BCUT2D eigenvalue weighted by Crippen LogP contribution is -2.03. The van der Waals surface area contributed by atoms with Gasteiger partial charge in [-0.15, -0.1) is 0 Å². The molecule has 0 fully saturated rings. The fourth-order valence-corrected chi connectivity index (χ4v) is 2.98. The molecular weight excluding hydrogens is 232 g/mol. The second-order valence-corrected chi connectivity index (χ2v) is 5.59. The Kier molecular flexibility index (Phi) is 3.39. The Bertz CT molecular complexity index is 586. The van der Waals surface area contributed by atoms with Gasteiger partial charge >= 0.3 is 0 Å². The van der Waals surface area contributed by atoms with Crippen LogP contribution in [-0.2, 0) is 19.3 Å². The third kappa shape index (κ3) is 2.71. The quantitative estimate of drug-likeness (QED) is 0.882. The van der Waals surface area contributed by atoms with Gasteiger partial charge in [-0.1, -0.05) is 48.0 Å². The van der Waals surface area contributed by atoms with Crippen LogP contribution in [0.1, 0.15) is 40.3 Å². The summed E-state index contributed by atoms with van der Waals surface area (Å²) in [5.74, 6) is 0. The molecule has 0 radical (unpaired) electrons. The van der Waals surface area contributed by atoms with Crippen LogP contribution in [0.4, 0.5) is 0 Å². The van der Waals surface area contributed by atoms with Crippen LogP contribution in [0.15, 0.2) is 42.5 Å². The van der Waals surface area contributed by atoms with Gasteiger partial charge in [-0.25, -0.2) is 0 Å². The highest BCUT2D eigenvalue weighted by atomic mass is 16.3. The van der Waals surface area contributed by atoms with Crippen molar-refractivity contribution < 1.29 is 5.11 Å². The molecule has 1 unspecified atom stereocenters. The molecule has 0 spiro atoms. The van der Waals surface area contributed by atoms with Crippen molar-refractivity contribution in [3.63, 3.8) is 0 Å². The molecule has 3 rings (SSSR count). The van der Waals surface area contributed by atoms with Gasteiger partial charge in [-0.05, 0) is 48.4 Å². The van der Waals surface area contributed by atoms with Crippen LogP contribution in [0.2, 0.25) is 0 Å². The molecule has 1 atom stereocenters. The highest BCUT2D eigenvalue weighted by molar-refractivity contribution is 5.36. The van der Waals surface area contributed by atoms with Crippen molar-refractivity contribution in [1.29, 1.82) is 0 Å². The molecule has 1 heteroatoms. The van der Waals surface area contributed by atoms with Gasteiger partial charge in [0.1, 0.15) is 0 Å². The molecule has 2 aromatic carbocycles. The zero-order valence-electron chi connectivity index (χ0n) is 11.4. The predicted octanol–water partition coefficient (Wildman–Crippen LogP) is 3.76. The van der Waals surface area contributed by atoms with Gasteiger partial charge in [-0.2, -0.15) is 0 Å². The number of aryl methyl sites for hydroxylation is 3. The molecule has 0 saturated heterocycles. The molecule has 1 aliphatic rings. The van der Waals surface area contributed by atoms with E-state index in [-0.39, 0.29) is 0 Å². The zero-order chi connectivity index (χ0) is 13.2. The number of aliphatic hydroxyl groups is 1. The molecule has 0 heterocycles. The van der Waals surface area contributed by atoms with E-state index in [2.05, 4.69) is 49.4 Å². The lowest BCUT2D eigenvalue weighted by atomic mass is 9.97. The Labute approximate surface area is 114 Å². The maximum Gasteiger partial charge on any atom is 0.0830 e. The molecule has 0 bridgehead atoms. The maximum atomic E-state index is 10.4. The van der Waals surface area contributed by atoms with Gasteiger partial charge in [0.05, 0.1) is 6.10 Å². The first-order chi connectivity index (χ1) is 9.22. The number of fused-ring (bicyclic) bond motifs is 1. The van der Waals surface area contributed by atoms with E-state index >= 15 is 0 Å². The minimum absolute atomic E-state index is 0.396. The summed E-state index contributed by atoms with van der Waals surface area (Å²) in [4.78, 5) is 0. The zero-order valence-corrected chi connectivity index (χ0v) is 11.4. The van der Waals surface area contributed by atoms with Crippen LogP contribution in [0.5, 0.6) is 0 Å². The van der Waals surface area contributed by atoms with Crippen molar-refractivity contribution in [3.05, 3.63) is 70.3 Å². The first-order valence-corrected chi connectivity index (χ1v) is 7.08. The van der Waals surface area contributed by atoms with E-state index in [9.17, 15) is 5.11 Å². The molecular formula is C18H20O. The van der Waals surface area contributed by atoms with E-state index in [0.717, 1.165) is 5.56 Å². The lowest BCUT2D eigenvalue weighted by molar-refractivity contribution is 0.178. The summed E-state index contributed by atoms with van der Waals surface area (Å²) < 4.78 is 0. The monoisotopic (exact) mass is 252 g/mol. The largest absolute Gasteiger partial charge is 0.388 e. The average molecular weight is 252 g/mol. The van der Waals surface area contributed by atoms with Gasteiger partial charge in [0, 0.05) is 6.42 Å². The SMILES string of the molecule is Cc1cccc(CC(O)c2ccc3c(c2)CCC3)c1. The Hall–Kier alpha value is -1.60. The first-order valence-electron chi connectivity index (χ1n) is 7.08. The van der Waals surface area contributed by atoms with Crippen molar-refractivity contribution in [3.8, 4) is 0 Å². The van der Waals surface area contributed by atoms with E-state index in [0.29, 0.717) is 6.42 Å². The molecule has 0 aliphatic heterocycles. The van der Waals surface area contributed by atoms with E-state index in [1.165, 1.54) is 41.5 Å². The summed E-state index contributed by atoms with van der Waals surface area (Å²) in [5.41, 5.74) is 6.40. The molecule has 98 valence electrons. The van der Waals surface area contributed by atoms with Crippen molar-refractivity contribution in [2.75, 3.05) is 0 Å². The number of aliphatic hydroxyl groups excluding tert-OH is 1. The standard InChI is InChI=1S/C18H20O/c1-13-4-2-5-14(10-13)11-18(19)17-9-8-15-6-3-7-16(15)12-17/h2,4-5,8-10,12,18-19H,3,6-7,11H2,1H3. The molecule has 0 amide bonds. The summed E-state index contributed by atoms with van der Waals surface area (Å²) in [5, 5.41) is 10.4. The number of benzene rings is 2. The lowest BCUT2D eigenvalue weighted by Gasteiger charge is -2.13. The molecule has 0 aromatic heterocycles. The summed E-state index contributed by atoms with van der Waals surface area (Å²) in [6, 6.07) is 14.9. The van der Waals surface area contributed by atoms with Gasteiger partial charge in [0.25, 0.3) is 0 Å². The second kappa shape index (κ2) is 5.18. The van der Waals surface area contributed by atoms with Crippen molar-refractivity contribution in [2.45, 2.75) is 38.7 Å². The van der Waals surface area contributed by atoms with E-state index in [4.69, 9.17) is 0 Å². The van der Waals surface area contributed by atoms with Crippen molar-refractivity contribution in [2.24, 2.45) is 0 Å². The van der Waals surface area contributed by atoms with Crippen LogP contribution in [0.25, 0.3) is 0 Å². The molecule has 1 N–H and O–H groups in total. The van der Waals surface area contributed by atoms with Gasteiger partial charge in [0.2, 0.25) is 0 Å². The van der Waals surface area contributed by atoms with Gasteiger partial charge < -0.3 is 5.11 Å². The normalized spacial score (nSPS) is 15.3. The Balaban J connectivity index is 1.78.